The molecular weight excluding hydrogens is 326 g/mol. The van der Waals surface area contributed by atoms with Gasteiger partial charge in [-0.1, -0.05) is 30.3 Å². The molecule has 0 bridgehead atoms. The van der Waals surface area contributed by atoms with Gasteiger partial charge < -0.3 is 25.8 Å². The molecule has 25 heavy (non-hydrogen) atoms. The lowest BCUT2D eigenvalue weighted by Crippen LogP contribution is -2.48. The standard InChI is InChI=1S/C17H25N3O5/c1-24-15(21)11-19-16(22)14(9-5-6-10-18)20-17(23)25-12-13-7-3-2-4-8-13/h2-4,7-8,14H,5-6,9-12,18H2,1H3,(H,19,22)(H,20,23)/t14-/m0/s1. The minimum Gasteiger partial charge on any atom is -0.468 e. The van der Waals surface area contributed by atoms with Gasteiger partial charge in [-0.3, -0.25) is 9.59 Å². The first kappa shape index (κ1) is 20.4. The van der Waals surface area contributed by atoms with E-state index < -0.39 is 24.0 Å². The highest BCUT2D eigenvalue weighted by atomic mass is 16.5. The van der Waals surface area contributed by atoms with E-state index in [1.54, 1.807) is 0 Å². The fraction of sp³-hybridized carbons (Fsp3) is 0.471. The summed E-state index contributed by atoms with van der Waals surface area (Å²) >= 11 is 0. The Hall–Kier alpha value is -2.61. The van der Waals surface area contributed by atoms with E-state index in [-0.39, 0.29) is 13.2 Å². The molecule has 138 valence electrons. The Morgan fingerprint density at radius 3 is 2.52 bits per heavy atom. The Morgan fingerprint density at radius 1 is 1.16 bits per heavy atom. The maximum absolute atomic E-state index is 12.1. The Balaban J connectivity index is 2.51. The number of nitrogens with one attached hydrogen (secondary N) is 2. The number of ether oxygens (including phenoxy) is 2. The van der Waals surface area contributed by atoms with Crippen LogP contribution >= 0.6 is 0 Å². The molecule has 0 aliphatic heterocycles. The molecule has 0 saturated carbocycles. The van der Waals surface area contributed by atoms with Crippen molar-refractivity contribution < 1.29 is 23.9 Å². The van der Waals surface area contributed by atoms with Crippen molar-refractivity contribution in [1.29, 1.82) is 0 Å². The van der Waals surface area contributed by atoms with Crippen LogP contribution < -0.4 is 16.4 Å². The number of esters is 1. The number of nitrogens with two attached hydrogens (primary N) is 1. The Labute approximate surface area is 147 Å². The second-order valence-corrected chi connectivity index (χ2v) is 5.34. The second kappa shape index (κ2) is 11.9. The first-order valence-electron chi connectivity index (χ1n) is 8.08. The average molecular weight is 351 g/mol. The molecule has 0 aliphatic carbocycles. The van der Waals surface area contributed by atoms with Gasteiger partial charge in [-0.2, -0.15) is 0 Å². The first-order chi connectivity index (χ1) is 12.1. The highest BCUT2D eigenvalue weighted by Crippen LogP contribution is 2.04. The second-order valence-electron chi connectivity index (χ2n) is 5.34. The molecule has 0 spiro atoms. The number of carbonyl (C=O) groups excluding carboxylic acids is 3. The fourth-order valence-electron chi connectivity index (χ4n) is 2.02. The number of methoxy groups -OCH3 is 1. The van der Waals surface area contributed by atoms with Gasteiger partial charge in [-0.15, -0.1) is 0 Å². The van der Waals surface area contributed by atoms with Crippen molar-refractivity contribution in [3.63, 3.8) is 0 Å². The van der Waals surface area contributed by atoms with E-state index in [0.29, 0.717) is 19.4 Å². The van der Waals surface area contributed by atoms with E-state index in [1.807, 2.05) is 30.3 Å². The summed E-state index contributed by atoms with van der Waals surface area (Å²) in [6.07, 6.45) is 1.08. The molecule has 0 unspecified atom stereocenters. The van der Waals surface area contributed by atoms with Crippen molar-refractivity contribution in [3.8, 4) is 0 Å². The van der Waals surface area contributed by atoms with Gasteiger partial charge in [0.2, 0.25) is 5.91 Å². The van der Waals surface area contributed by atoms with Crippen LogP contribution in [0, 0.1) is 0 Å². The van der Waals surface area contributed by atoms with E-state index in [1.165, 1.54) is 7.11 Å². The van der Waals surface area contributed by atoms with E-state index in [0.717, 1.165) is 12.0 Å². The Kier molecular flexibility index (Phi) is 9.69. The van der Waals surface area contributed by atoms with Crippen LogP contribution in [0.15, 0.2) is 30.3 Å². The van der Waals surface area contributed by atoms with Crippen LogP contribution in [0.5, 0.6) is 0 Å². The molecule has 0 saturated heterocycles. The van der Waals surface area contributed by atoms with Gasteiger partial charge in [0.15, 0.2) is 0 Å². The maximum Gasteiger partial charge on any atom is 0.408 e. The van der Waals surface area contributed by atoms with Crippen LogP contribution in [0.2, 0.25) is 0 Å². The van der Waals surface area contributed by atoms with Crippen LogP contribution in [0.25, 0.3) is 0 Å². The van der Waals surface area contributed by atoms with Crippen LogP contribution in [0.3, 0.4) is 0 Å². The molecule has 1 rings (SSSR count). The third-order valence-corrected chi connectivity index (χ3v) is 3.40. The van der Waals surface area contributed by atoms with Gasteiger partial charge in [0.05, 0.1) is 7.11 Å². The molecule has 4 N–H and O–H groups in total. The zero-order valence-electron chi connectivity index (χ0n) is 14.3. The largest absolute Gasteiger partial charge is 0.468 e. The summed E-state index contributed by atoms with van der Waals surface area (Å²) in [5.41, 5.74) is 6.29. The number of carbonyl (C=O) groups is 3. The number of hydrogen-bond donors (Lipinski definition) is 3. The maximum atomic E-state index is 12.1. The van der Waals surface area contributed by atoms with E-state index in [4.69, 9.17) is 10.5 Å². The van der Waals surface area contributed by atoms with Crippen molar-refractivity contribution in [2.45, 2.75) is 31.9 Å². The minimum atomic E-state index is -0.806. The van der Waals surface area contributed by atoms with Gasteiger partial charge in [0, 0.05) is 0 Å². The fourth-order valence-corrected chi connectivity index (χ4v) is 2.02. The van der Waals surface area contributed by atoms with Crippen molar-refractivity contribution >= 4 is 18.0 Å². The van der Waals surface area contributed by atoms with Crippen LogP contribution in [-0.4, -0.2) is 44.2 Å². The van der Waals surface area contributed by atoms with Crippen LogP contribution in [0.1, 0.15) is 24.8 Å². The predicted molar refractivity (Wildman–Crippen MR) is 91.5 cm³/mol. The molecule has 2 amide bonds. The summed E-state index contributed by atoms with van der Waals surface area (Å²) < 4.78 is 9.58. The van der Waals surface area contributed by atoms with E-state index >= 15 is 0 Å². The zero-order chi connectivity index (χ0) is 18.5. The number of unbranched alkanes of at least 4 members (excludes halogenated alkanes) is 1. The topological polar surface area (TPSA) is 120 Å². The number of hydrogen-bond acceptors (Lipinski definition) is 6. The lowest BCUT2D eigenvalue weighted by molar-refractivity contribution is -0.141. The quantitative estimate of drug-likeness (QED) is 0.422. The molecule has 0 heterocycles. The third-order valence-electron chi connectivity index (χ3n) is 3.40. The molecule has 1 atom stereocenters. The summed E-state index contributed by atoms with van der Waals surface area (Å²) in [6.45, 7) is 0.338. The predicted octanol–water partition coefficient (Wildman–Crippen LogP) is 0.700. The SMILES string of the molecule is COC(=O)CNC(=O)[C@H](CCCCN)NC(=O)OCc1ccccc1. The third kappa shape index (κ3) is 8.71. The molecule has 0 fully saturated rings. The first-order valence-corrected chi connectivity index (χ1v) is 8.08. The monoisotopic (exact) mass is 351 g/mol. The summed E-state index contributed by atoms with van der Waals surface area (Å²) in [6, 6.07) is 8.39. The van der Waals surface area contributed by atoms with Gasteiger partial charge in [-0.05, 0) is 31.4 Å². The summed E-state index contributed by atoms with van der Waals surface area (Å²) in [7, 11) is 1.23. The van der Waals surface area contributed by atoms with Crippen molar-refractivity contribution in [3.05, 3.63) is 35.9 Å². The van der Waals surface area contributed by atoms with Crippen molar-refractivity contribution in [2.24, 2.45) is 5.73 Å². The van der Waals surface area contributed by atoms with E-state index in [2.05, 4.69) is 15.4 Å². The summed E-state index contributed by atoms with van der Waals surface area (Å²) in [5, 5.41) is 4.95. The molecular formula is C17H25N3O5. The number of rotatable bonds is 10. The Morgan fingerprint density at radius 2 is 1.88 bits per heavy atom. The Bertz CT molecular complexity index is 550. The highest BCUT2D eigenvalue weighted by Gasteiger charge is 2.21. The van der Waals surface area contributed by atoms with Gasteiger partial charge >= 0.3 is 12.1 Å². The molecule has 8 heteroatoms. The summed E-state index contributed by atoms with van der Waals surface area (Å²) in [4.78, 5) is 35.2. The normalized spacial score (nSPS) is 11.3. The molecule has 1 aromatic carbocycles. The number of amides is 2. The number of benzene rings is 1. The number of alkyl carbamates (subject to hydrolysis) is 1. The van der Waals surface area contributed by atoms with Crippen LogP contribution in [-0.2, 0) is 25.7 Å². The van der Waals surface area contributed by atoms with Gasteiger partial charge in [0.25, 0.3) is 0 Å². The molecule has 0 aliphatic rings. The lowest BCUT2D eigenvalue weighted by Gasteiger charge is -2.18. The molecule has 1 aromatic rings. The van der Waals surface area contributed by atoms with Gasteiger partial charge in [0.1, 0.15) is 19.2 Å². The highest BCUT2D eigenvalue weighted by molar-refractivity contribution is 5.88. The lowest BCUT2D eigenvalue weighted by atomic mass is 10.1. The van der Waals surface area contributed by atoms with E-state index in [9.17, 15) is 14.4 Å². The van der Waals surface area contributed by atoms with Crippen molar-refractivity contribution in [2.75, 3.05) is 20.2 Å². The summed E-state index contributed by atoms with van der Waals surface area (Å²) in [5.74, 6) is -1.04. The van der Waals surface area contributed by atoms with Crippen molar-refractivity contribution in [1.82, 2.24) is 10.6 Å². The molecule has 8 nitrogen and oxygen atoms in total. The van der Waals surface area contributed by atoms with Crippen LogP contribution in [0.4, 0.5) is 4.79 Å². The minimum absolute atomic E-state index is 0.103. The smallest absolute Gasteiger partial charge is 0.408 e. The van der Waals surface area contributed by atoms with Gasteiger partial charge in [-0.25, -0.2) is 4.79 Å². The zero-order valence-corrected chi connectivity index (χ0v) is 14.3. The molecule has 0 aromatic heterocycles. The molecule has 0 radical (unpaired) electrons. The average Bonchev–Trinajstić information content (AvgIpc) is 2.64.